The number of para-hydroxylation sites is 1. The van der Waals surface area contributed by atoms with Gasteiger partial charge in [-0.1, -0.05) is 25.1 Å². The monoisotopic (exact) mass is 251 g/mol. The number of benzene rings is 1. The number of carboxylic acid groups (broad SMARTS) is 1. The first kappa shape index (κ1) is 14.5. The van der Waals surface area contributed by atoms with Crippen molar-refractivity contribution >= 4 is 5.97 Å². The van der Waals surface area contributed by atoms with Crippen molar-refractivity contribution < 1.29 is 14.6 Å². The number of carbonyl (C=O) groups is 1. The fourth-order valence-corrected chi connectivity index (χ4v) is 1.90. The van der Waals surface area contributed by atoms with Crippen LogP contribution in [0, 0.1) is 11.8 Å². The van der Waals surface area contributed by atoms with Crippen molar-refractivity contribution in [3.63, 3.8) is 0 Å². The average Bonchev–Trinajstić information content (AvgIpc) is 2.36. The van der Waals surface area contributed by atoms with E-state index in [0.29, 0.717) is 13.2 Å². The predicted octanol–water partition coefficient (Wildman–Crippen LogP) is 2.14. The highest BCUT2D eigenvalue weighted by atomic mass is 16.5. The van der Waals surface area contributed by atoms with Gasteiger partial charge in [-0.05, 0) is 36.9 Å². The highest BCUT2D eigenvalue weighted by Gasteiger charge is 2.15. The van der Waals surface area contributed by atoms with Gasteiger partial charge in [0.1, 0.15) is 5.75 Å². The molecule has 0 aliphatic carbocycles. The fourth-order valence-electron chi connectivity index (χ4n) is 1.90. The zero-order valence-electron chi connectivity index (χ0n) is 10.7. The first-order valence-corrected chi connectivity index (χ1v) is 6.21. The third-order valence-corrected chi connectivity index (χ3v) is 2.81. The third-order valence-electron chi connectivity index (χ3n) is 2.81. The lowest BCUT2D eigenvalue weighted by molar-refractivity contribution is -0.138. The lowest BCUT2D eigenvalue weighted by Gasteiger charge is -2.18. The molecular formula is C14H21NO3. The molecule has 2 atom stereocenters. The topological polar surface area (TPSA) is 72.5 Å². The summed E-state index contributed by atoms with van der Waals surface area (Å²) in [5.74, 6) is 0.364. The Morgan fingerprint density at radius 3 is 2.61 bits per heavy atom. The van der Waals surface area contributed by atoms with Crippen LogP contribution in [0.15, 0.2) is 30.3 Å². The summed E-state index contributed by atoms with van der Waals surface area (Å²) < 4.78 is 5.63. The summed E-state index contributed by atoms with van der Waals surface area (Å²) in [5.41, 5.74) is 5.57. The standard InChI is InChI=1S/C14H21NO3/c1-11(7-12(9-15)8-14(16)17)10-18-13-5-3-2-4-6-13/h2-6,11-12H,7-10,15H2,1H3,(H,16,17)/t11?,12-/m0/s1. The van der Waals surface area contributed by atoms with Crippen molar-refractivity contribution in [3.8, 4) is 5.75 Å². The van der Waals surface area contributed by atoms with E-state index in [4.69, 9.17) is 15.6 Å². The van der Waals surface area contributed by atoms with Crippen molar-refractivity contribution in [1.82, 2.24) is 0 Å². The summed E-state index contributed by atoms with van der Waals surface area (Å²) in [6.45, 7) is 3.04. The second kappa shape index (κ2) is 7.71. The largest absolute Gasteiger partial charge is 0.493 e. The minimum absolute atomic E-state index is 0.0249. The van der Waals surface area contributed by atoms with Crippen LogP contribution in [0.1, 0.15) is 19.8 Å². The Hall–Kier alpha value is -1.55. The molecule has 4 nitrogen and oxygen atoms in total. The fraction of sp³-hybridized carbons (Fsp3) is 0.500. The van der Waals surface area contributed by atoms with Gasteiger partial charge in [-0.15, -0.1) is 0 Å². The first-order valence-electron chi connectivity index (χ1n) is 6.21. The minimum atomic E-state index is -0.790. The van der Waals surface area contributed by atoms with E-state index in [0.717, 1.165) is 12.2 Å². The molecule has 100 valence electrons. The van der Waals surface area contributed by atoms with Gasteiger partial charge in [0.2, 0.25) is 0 Å². The molecule has 0 spiro atoms. The Morgan fingerprint density at radius 1 is 1.39 bits per heavy atom. The zero-order valence-corrected chi connectivity index (χ0v) is 10.7. The smallest absolute Gasteiger partial charge is 0.303 e. The summed E-state index contributed by atoms with van der Waals surface area (Å²) in [7, 11) is 0. The number of carboxylic acids is 1. The van der Waals surface area contributed by atoms with E-state index in [1.165, 1.54) is 0 Å². The lowest BCUT2D eigenvalue weighted by atomic mass is 9.94. The van der Waals surface area contributed by atoms with Crippen LogP contribution >= 0.6 is 0 Å². The van der Waals surface area contributed by atoms with Gasteiger partial charge in [0.25, 0.3) is 0 Å². The van der Waals surface area contributed by atoms with Crippen molar-refractivity contribution in [2.75, 3.05) is 13.2 Å². The normalized spacial score (nSPS) is 13.9. The third kappa shape index (κ3) is 5.68. The van der Waals surface area contributed by atoms with Crippen LogP contribution < -0.4 is 10.5 Å². The molecule has 4 heteroatoms. The Kier molecular flexibility index (Phi) is 6.22. The van der Waals surface area contributed by atoms with Crippen LogP contribution in [0.25, 0.3) is 0 Å². The molecule has 0 amide bonds. The molecule has 0 heterocycles. The SMILES string of the molecule is CC(COc1ccccc1)C[C@H](CN)CC(=O)O. The summed E-state index contributed by atoms with van der Waals surface area (Å²) in [6.07, 6.45) is 0.905. The number of nitrogens with two attached hydrogens (primary N) is 1. The first-order chi connectivity index (χ1) is 8.61. The van der Waals surface area contributed by atoms with Crippen LogP contribution in [0.2, 0.25) is 0 Å². The van der Waals surface area contributed by atoms with Crippen molar-refractivity contribution in [2.45, 2.75) is 19.8 Å². The van der Waals surface area contributed by atoms with E-state index >= 15 is 0 Å². The summed E-state index contributed by atoms with van der Waals surface area (Å²) in [6, 6.07) is 9.60. The van der Waals surface area contributed by atoms with E-state index in [9.17, 15) is 4.79 Å². The molecule has 18 heavy (non-hydrogen) atoms. The van der Waals surface area contributed by atoms with Gasteiger partial charge in [0, 0.05) is 6.42 Å². The maximum absolute atomic E-state index is 10.6. The molecule has 0 bridgehead atoms. The number of rotatable bonds is 8. The Bertz CT molecular complexity index is 353. The highest BCUT2D eigenvalue weighted by Crippen LogP contribution is 2.17. The quantitative estimate of drug-likeness (QED) is 0.742. The molecule has 0 fully saturated rings. The maximum Gasteiger partial charge on any atom is 0.303 e. The molecule has 1 unspecified atom stereocenters. The Labute approximate surface area is 108 Å². The van der Waals surface area contributed by atoms with Gasteiger partial charge in [-0.25, -0.2) is 0 Å². The van der Waals surface area contributed by atoms with Gasteiger partial charge in [0.15, 0.2) is 0 Å². The Morgan fingerprint density at radius 2 is 2.06 bits per heavy atom. The number of ether oxygens (including phenoxy) is 1. The van der Waals surface area contributed by atoms with Crippen LogP contribution in [0.3, 0.4) is 0 Å². The molecule has 1 aromatic carbocycles. The van der Waals surface area contributed by atoms with Gasteiger partial charge in [0.05, 0.1) is 6.61 Å². The molecule has 0 saturated heterocycles. The lowest BCUT2D eigenvalue weighted by Crippen LogP contribution is -2.22. The van der Waals surface area contributed by atoms with Crippen molar-refractivity contribution in [3.05, 3.63) is 30.3 Å². The second-order valence-corrected chi connectivity index (χ2v) is 4.66. The summed E-state index contributed by atoms with van der Waals surface area (Å²) in [5, 5.41) is 8.75. The van der Waals surface area contributed by atoms with Gasteiger partial charge in [-0.3, -0.25) is 4.79 Å². The predicted molar refractivity (Wildman–Crippen MR) is 70.5 cm³/mol. The van der Waals surface area contributed by atoms with Crippen molar-refractivity contribution in [2.24, 2.45) is 17.6 Å². The number of aliphatic carboxylic acids is 1. The van der Waals surface area contributed by atoms with E-state index in [1.54, 1.807) is 0 Å². The molecule has 0 aliphatic heterocycles. The summed E-state index contributed by atoms with van der Waals surface area (Å²) >= 11 is 0. The van der Waals surface area contributed by atoms with E-state index < -0.39 is 5.97 Å². The van der Waals surface area contributed by atoms with Crippen LogP contribution in [0.5, 0.6) is 5.75 Å². The van der Waals surface area contributed by atoms with E-state index in [2.05, 4.69) is 0 Å². The molecule has 0 aromatic heterocycles. The van der Waals surface area contributed by atoms with Crippen LogP contribution in [0.4, 0.5) is 0 Å². The zero-order chi connectivity index (χ0) is 13.4. The number of hydrogen-bond donors (Lipinski definition) is 2. The van der Waals surface area contributed by atoms with Crippen LogP contribution in [-0.4, -0.2) is 24.2 Å². The highest BCUT2D eigenvalue weighted by molar-refractivity contribution is 5.67. The average molecular weight is 251 g/mol. The molecule has 0 aliphatic rings. The summed E-state index contributed by atoms with van der Waals surface area (Å²) in [4.78, 5) is 10.6. The van der Waals surface area contributed by atoms with Gasteiger partial charge >= 0.3 is 5.97 Å². The second-order valence-electron chi connectivity index (χ2n) is 4.66. The van der Waals surface area contributed by atoms with Gasteiger partial charge in [-0.2, -0.15) is 0 Å². The maximum atomic E-state index is 10.6. The Balaban J connectivity index is 2.32. The van der Waals surface area contributed by atoms with Crippen molar-refractivity contribution in [1.29, 1.82) is 0 Å². The van der Waals surface area contributed by atoms with Gasteiger partial charge < -0.3 is 15.6 Å². The molecule has 3 N–H and O–H groups in total. The number of hydrogen-bond acceptors (Lipinski definition) is 3. The van der Waals surface area contributed by atoms with Crippen LogP contribution in [-0.2, 0) is 4.79 Å². The molecular weight excluding hydrogens is 230 g/mol. The molecule has 0 radical (unpaired) electrons. The molecule has 1 rings (SSSR count). The van der Waals surface area contributed by atoms with E-state index in [1.807, 2.05) is 37.3 Å². The molecule has 0 saturated carbocycles. The van der Waals surface area contributed by atoms with E-state index in [-0.39, 0.29) is 18.3 Å². The molecule has 1 aromatic rings. The minimum Gasteiger partial charge on any atom is -0.493 e.